The van der Waals surface area contributed by atoms with Crippen LogP contribution in [-0.4, -0.2) is 33.4 Å². The molecule has 0 fully saturated rings. The number of aromatic carboxylic acids is 2. The van der Waals surface area contributed by atoms with Crippen LogP contribution < -0.4 is 11.2 Å². The zero-order chi connectivity index (χ0) is 20.4. The summed E-state index contributed by atoms with van der Waals surface area (Å²) in [5.41, 5.74) is 7.80. The highest BCUT2D eigenvalue weighted by Crippen LogP contribution is 2.38. The van der Waals surface area contributed by atoms with Crippen molar-refractivity contribution in [3.8, 4) is 11.1 Å². The number of anilines is 1. The van der Waals surface area contributed by atoms with Crippen molar-refractivity contribution in [2.75, 3.05) is 5.73 Å². The van der Waals surface area contributed by atoms with E-state index in [1.807, 2.05) is 0 Å². The summed E-state index contributed by atoms with van der Waals surface area (Å²) >= 11 is 0. The number of rotatable bonds is 7. The topological polar surface area (TPSA) is 156 Å². The molecule has 5 N–H and O–H groups in total. The second-order valence-electron chi connectivity index (χ2n) is 6.26. The molecule has 27 heavy (non-hydrogen) atoms. The van der Waals surface area contributed by atoms with Crippen LogP contribution >= 0.6 is 8.46 Å². The summed E-state index contributed by atoms with van der Waals surface area (Å²) in [4.78, 5) is 39.9. The van der Waals surface area contributed by atoms with Crippen molar-refractivity contribution in [1.29, 1.82) is 0 Å². The molecule has 1 unspecified atom stereocenters. The molecule has 2 rings (SSSR count). The second-order valence-corrected chi connectivity index (χ2v) is 7.67. The number of amides is 1. The van der Waals surface area contributed by atoms with Gasteiger partial charge in [0.25, 0.3) is 5.34 Å². The van der Waals surface area contributed by atoms with E-state index in [1.54, 1.807) is 13.8 Å². The van der Waals surface area contributed by atoms with E-state index in [1.165, 1.54) is 24.3 Å². The minimum absolute atomic E-state index is 0.115. The van der Waals surface area contributed by atoms with Crippen LogP contribution in [0, 0.1) is 0 Å². The Morgan fingerprint density at radius 2 is 1.56 bits per heavy atom. The molecular formula is C17H18N2O7P+. The Bertz CT molecular complexity index is 859. The number of hydroxylamine groups is 1. The highest BCUT2D eigenvalue weighted by molar-refractivity contribution is 7.25. The molecule has 0 saturated carbocycles. The smallest absolute Gasteiger partial charge is 0.361 e. The molecule has 0 aliphatic heterocycles. The number of nitrogens with one attached hydrogen (secondary N) is 1. The highest BCUT2D eigenvalue weighted by atomic mass is 31.1. The maximum absolute atomic E-state index is 12.0. The van der Waals surface area contributed by atoms with Crippen molar-refractivity contribution < 1.29 is 34.0 Å². The molecule has 0 aromatic rings. The Morgan fingerprint density at radius 1 is 1.07 bits per heavy atom. The lowest BCUT2D eigenvalue weighted by Gasteiger charge is -2.11. The minimum atomic E-state index is -1.34. The van der Waals surface area contributed by atoms with Crippen molar-refractivity contribution in [3.63, 3.8) is 0 Å². The summed E-state index contributed by atoms with van der Waals surface area (Å²) in [5.74, 6) is -3.20. The van der Waals surface area contributed by atoms with E-state index in [2.05, 4.69) is 5.48 Å². The average Bonchev–Trinajstić information content (AvgIpc) is 2.73. The Balaban J connectivity index is 2.36. The van der Waals surface area contributed by atoms with Crippen LogP contribution in [0.1, 0.15) is 40.1 Å². The summed E-state index contributed by atoms with van der Waals surface area (Å²) in [5, 5.41) is 17.7. The molecule has 1 atom stereocenters. The first-order chi connectivity index (χ1) is 12.6. The summed E-state index contributed by atoms with van der Waals surface area (Å²) < 4.78 is 10.9. The van der Waals surface area contributed by atoms with Gasteiger partial charge in [-0.15, -0.1) is 0 Å². The van der Waals surface area contributed by atoms with Gasteiger partial charge in [0, 0.05) is 13.8 Å². The van der Waals surface area contributed by atoms with Gasteiger partial charge in [0.15, 0.2) is 0 Å². The summed E-state index contributed by atoms with van der Waals surface area (Å²) in [7, 11) is -0.781. The van der Waals surface area contributed by atoms with Crippen LogP contribution in [0.25, 0.3) is 11.1 Å². The molecule has 0 aromatic carbocycles. The first-order valence-electron chi connectivity index (χ1n) is 7.74. The first kappa shape index (κ1) is 20.3. The van der Waals surface area contributed by atoms with Crippen LogP contribution in [0.5, 0.6) is 0 Å². The first-order valence-corrected chi connectivity index (χ1v) is 8.65. The number of hydrogen-bond donors (Lipinski definition) is 4. The third-order valence-corrected chi connectivity index (χ3v) is 4.35. The van der Waals surface area contributed by atoms with Gasteiger partial charge in [0.05, 0.1) is 23.2 Å². The van der Waals surface area contributed by atoms with Gasteiger partial charge in [-0.2, -0.15) is 0 Å². The van der Waals surface area contributed by atoms with Gasteiger partial charge < -0.3 is 15.9 Å². The lowest BCUT2D eigenvalue weighted by Crippen LogP contribution is -2.33. The molecule has 0 radical (unpaired) electrons. The van der Waals surface area contributed by atoms with Crippen LogP contribution in [0.4, 0.5) is 5.69 Å². The Labute approximate surface area is 155 Å². The van der Waals surface area contributed by atoms with E-state index in [4.69, 9.17) is 10.6 Å². The molecule has 1 amide bonds. The third-order valence-electron chi connectivity index (χ3n) is 3.75. The third kappa shape index (κ3) is 4.39. The summed E-state index contributed by atoms with van der Waals surface area (Å²) in [6.07, 6.45) is -0.115. The summed E-state index contributed by atoms with van der Waals surface area (Å²) in [6, 6.07) is 5.82. The zero-order valence-corrected chi connectivity index (χ0v) is 15.5. The van der Waals surface area contributed by atoms with E-state index in [0.29, 0.717) is 5.56 Å². The predicted octanol–water partition coefficient (Wildman–Crippen LogP) is 2.12. The van der Waals surface area contributed by atoms with Crippen LogP contribution in [0.2, 0.25) is 0 Å². The fourth-order valence-corrected chi connectivity index (χ4v) is 2.57. The molecule has 142 valence electrons. The monoisotopic (exact) mass is 393 g/mol. The van der Waals surface area contributed by atoms with E-state index in [9.17, 15) is 29.2 Å². The number of carboxylic acid groups (broad SMARTS) is 2. The lowest BCUT2D eigenvalue weighted by atomic mass is 10.1. The number of nitrogen functional groups attached to an aromatic ring is 1. The quantitative estimate of drug-likeness (QED) is 0.412. The molecule has 9 nitrogen and oxygen atoms in total. The van der Waals surface area contributed by atoms with Crippen molar-refractivity contribution >= 4 is 32.0 Å². The fraction of sp³-hybridized carbons (Fsp3) is 0.235. The molecule has 2 aliphatic rings. The number of carbonyl (C=O) groups is 3. The number of carbonyl (C=O) groups excluding carboxylic acids is 1. The zero-order valence-electron chi connectivity index (χ0n) is 14.5. The van der Waals surface area contributed by atoms with E-state index in [0.717, 1.165) is 0 Å². The number of carboxylic acids is 2. The Morgan fingerprint density at radius 3 is 1.96 bits per heavy atom. The molecule has 0 aromatic heterocycles. The van der Waals surface area contributed by atoms with Crippen LogP contribution in [-0.2, 0) is 20.6 Å². The number of nitrogens with two attached hydrogens (primary N) is 1. The Hall–Kier alpha value is -3.03. The number of hydrogen-bond acceptors (Lipinski definition) is 6. The van der Waals surface area contributed by atoms with Gasteiger partial charge in [-0.3, -0.25) is 4.79 Å². The predicted molar refractivity (Wildman–Crippen MR) is 97.4 cm³/mol. The number of fused-ring (bicyclic) bond motifs is 1. The van der Waals surface area contributed by atoms with Crippen molar-refractivity contribution in [2.45, 2.75) is 25.6 Å². The van der Waals surface area contributed by atoms with Crippen molar-refractivity contribution in [2.24, 2.45) is 0 Å². The van der Waals surface area contributed by atoms with Gasteiger partial charge in [-0.25, -0.2) is 19.9 Å². The lowest BCUT2D eigenvalue weighted by molar-refractivity contribution is -0.138. The fourth-order valence-electron chi connectivity index (χ4n) is 2.47. The molecular weight excluding hydrogens is 375 g/mol. The molecule has 0 spiro atoms. The van der Waals surface area contributed by atoms with Gasteiger partial charge in [0.2, 0.25) is 5.91 Å². The van der Waals surface area contributed by atoms with E-state index >= 15 is 0 Å². The average molecular weight is 393 g/mol. The van der Waals surface area contributed by atoms with E-state index in [-0.39, 0.29) is 34.4 Å². The molecule has 10 heteroatoms. The van der Waals surface area contributed by atoms with E-state index < -0.39 is 31.6 Å². The summed E-state index contributed by atoms with van der Waals surface area (Å²) in [6.45, 7) is 3.08. The SMILES string of the molecule is CC(C)(ONC(=O)Cc1ccc2c(C(=O)O)c(N)c(C(=O)O)c-2cc1)[PH+]=O. The highest BCUT2D eigenvalue weighted by Gasteiger charge is 2.30. The maximum Gasteiger partial charge on any atom is 0.361 e. The molecule has 0 saturated heterocycles. The standard InChI is InChI=1S/C17H17N2O7P/c1-17(2,27-25)26-19-11(20)7-8-3-5-9-10(6-4-8)13(16(23)24)14(18)12(9)15(21)22/h3-6H,7,18H2,1-2H3,(H,19,20)(H,21,22)(H,23,24)/p+1. The van der Waals surface area contributed by atoms with Crippen molar-refractivity contribution in [1.82, 2.24) is 5.48 Å². The van der Waals surface area contributed by atoms with Gasteiger partial charge in [-0.05, 0) is 16.7 Å². The molecule has 0 heterocycles. The van der Waals surface area contributed by atoms with Crippen LogP contribution in [0.15, 0.2) is 24.3 Å². The second kappa shape index (κ2) is 7.69. The van der Waals surface area contributed by atoms with Crippen LogP contribution in [0.3, 0.4) is 0 Å². The molecule has 0 bridgehead atoms. The Kier molecular flexibility index (Phi) is 5.78. The normalized spacial score (nSPS) is 11.5. The van der Waals surface area contributed by atoms with Gasteiger partial charge in [-0.1, -0.05) is 28.8 Å². The van der Waals surface area contributed by atoms with Gasteiger partial charge in [0.1, 0.15) is 0 Å². The van der Waals surface area contributed by atoms with Gasteiger partial charge >= 0.3 is 20.4 Å². The maximum atomic E-state index is 12.0. The molecule has 2 aliphatic carbocycles. The largest absolute Gasteiger partial charge is 0.478 e. The van der Waals surface area contributed by atoms with Crippen molar-refractivity contribution in [3.05, 3.63) is 41.0 Å². The minimum Gasteiger partial charge on any atom is -0.478 e.